The van der Waals surface area contributed by atoms with Crippen LogP contribution in [0.2, 0.25) is 0 Å². The van der Waals surface area contributed by atoms with Crippen molar-refractivity contribution in [2.45, 2.75) is 51.6 Å². The Morgan fingerprint density at radius 2 is 1.67 bits per heavy atom. The third-order valence-electron chi connectivity index (χ3n) is 4.11. The van der Waals surface area contributed by atoms with Gasteiger partial charge in [-0.1, -0.05) is 18.9 Å². The molecule has 0 heterocycles. The molecule has 1 saturated carbocycles. The summed E-state index contributed by atoms with van der Waals surface area (Å²) in [4.78, 5) is 0. The predicted octanol–water partition coefficient (Wildman–Crippen LogP) is 3.33. The topological polar surface area (TPSA) is 52.5 Å². The fourth-order valence-corrected chi connectivity index (χ4v) is 3.06. The van der Waals surface area contributed by atoms with Crippen molar-refractivity contribution in [2.75, 3.05) is 0 Å². The number of hydrogen-bond acceptors (Lipinski definition) is 3. The van der Waals surface area contributed by atoms with Crippen molar-refractivity contribution < 1.29 is 10.2 Å². The van der Waals surface area contributed by atoms with Crippen molar-refractivity contribution in [3.05, 3.63) is 23.8 Å². The molecule has 0 aliphatic heterocycles. The van der Waals surface area contributed by atoms with E-state index in [0.29, 0.717) is 11.6 Å². The largest absolute Gasteiger partial charge is 0.507 e. The number of hydrogen-bond donors (Lipinski definition) is 3. The van der Waals surface area contributed by atoms with E-state index >= 15 is 0 Å². The average Bonchev–Trinajstić information content (AvgIpc) is 2.81. The van der Waals surface area contributed by atoms with Gasteiger partial charge >= 0.3 is 0 Å². The smallest absolute Gasteiger partial charge is 0.124 e. The second-order valence-corrected chi connectivity index (χ2v) is 5.43. The summed E-state index contributed by atoms with van der Waals surface area (Å²) in [6, 6.07) is 5.27. The van der Waals surface area contributed by atoms with Gasteiger partial charge in [0.1, 0.15) is 11.5 Å². The van der Waals surface area contributed by atoms with Crippen LogP contribution < -0.4 is 5.32 Å². The number of rotatable bonds is 4. The first-order chi connectivity index (χ1) is 8.59. The molecule has 3 heteroatoms. The van der Waals surface area contributed by atoms with Crippen LogP contribution in [0.1, 0.15) is 51.1 Å². The van der Waals surface area contributed by atoms with E-state index in [1.165, 1.54) is 25.7 Å². The summed E-state index contributed by atoms with van der Waals surface area (Å²) in [6.07, 6.45) is 5.22. The Hall–Kier alpha value is -1.22. The first-order valence-electron chi connectivity index (χ1n) is 6.86. The van der Waals surface area contributed by atoms with Crippen LogP contribution in [-0.4, -0.2) is 16.3 Å². The third-order valence-corrected chi connectivity index (χ3v) is 4.11. The molecule has 0 spiro atoms. The van der Waals surface area contributed by atoms with Gasteiger partial charge in [-0.25, -0.2) is 0 Å². The highest BCUT2D eigenvalue weighted by Gasteiger charge is 2.24. The van der Waals surface area contributed by atoms with Gasteiger partial charge in [0.2, 0.25) is 0 Å². The molecule has 0 aromatic heterocycles. The number of aromatic hydroxyl groups is 2. The Bertz CT molecular complexity index is 379. The summed E-state index contributed by atoms with van der Waals surface area (Å²) in [7, 11) is 0. The highest BCUT2D eigenvalue weighted by Crippen LogP contribution is 2.34. The molecule has 2 atom stereocenters. The second kappa shape index (κ2) is 5.61. The van der Waals surface area contributed by atoms with Crippen LogP contribution in [0.15, 0.2) is 18.2 Å². The van der Waals surface area contributed by atoms with Gasteiger partial charge in [0, 0.05) is 12.1 Å². The number of phenols is 2. The quantitative estimate of drug-likeness (QED) is 0.767. The molecule has 1 fully saturated rings. The third kappa shape index (κ3) is 2.78. The summed E-state index contributed by atoms with van der Waals surface area (Å²) in [5.41, 5.74) is 0.599. The summed E-state index contributed by atoms with van der Waals surface area (Å²) in [5, 5.41) is 23.2. The zero-order valence-electron chi connectivity index (χ0n) is 11.2. The van der Waals surface area contributed by atoms with Gasteiger partial charge in [-0.05, 0) is 44.7 Å². The van der Waals surface area contributed by atoms with E-state index in [9.17, 15) is 10.2 Å². The van der Waals surface area contributed by atoms with E-state index in [1.54, 1.807) is 18.2 Å². The maximum atomic E-state index is 9.84. The van der Waals surface area contributed by atoms with Crippen molar-refractivity contribution >= 4 is 0 Å². The molecule has 1 aromatic rings. The number of phenolic OH excluding ortho intramolecular Hbond substituents is 2. The van der Waals surface area contributed by atoms with Crippen LogP contribution in [0.3, 0.4) is 0 Å². The summed E-state index contributed by atoms with van der Waals surface area (Å²) in [5.74, 6) is 1.04. The summed E-state index contributed by atoms with van der Waals surface area (Å²) < 4.78 is 0. The van der Waals surface area contributed by atoms with Crippen molar-refractivity contribution in [2.24, 2.45) is 5.92 Å². The van der Waals surface area contributed by atoms with Crippen LogP contribution >= 0.6 is 0 Å². The number of nitrogens with one attached hydrogen (secondary N) is 1. The van der Waals surface area contributed by atoms with Crippen molar-refractivity contribution in [1.29, 1.82) is 0 Å². The van der Waals surface area contributed by atoms with Crippen LogP contribution in [0.5, 0.6) is 11.5 Å². The molecule has 0 saturated heterocycles. The number of benzene rings is 1. The van der Waals surface area contributed by atoms with Gasteiger partial charge in [-0.15, -0.1) is 0 Å². The molecule has 3 N–H and O–H groups in total. The van der Waals surface area contributed by atoms with E-state index in [4.69, 9.17) is 0 Å². The molecule has 0 radical (unpaired) electrons. The maximum Gasteiger partial charge on any atom is 0.124 e. The molecule has 0 amide bonds. The lowest BCUT2D eigenvalue weighted by Crippen LogP contribution is -2.34. The fourth-order valence-electron chi connectivity index (χ4n) is 3.06. The van der Waals surface area contributed by atoms with Gasteiger partial charge in [-0.3, -0.25) is 0 Å². The van der Waals surface area contributed by atoms with Crippen LogP contribution in [-0.2, 0) is 0 Å². The summed E-state index contributed by atoms with van der Waals surface area (Å²) >= 11 is 0. The zero-order chi connectivity index (χ0) is 13.1. The molecule has 0 bridgehead atoms. The highest BCUT2D eigenvalue weighted by atomic mass is 16.3. The van der Waals surface area contributed by atoms with Crippen LogP contribution in [0, 0.1) is 5.92 Å². The molecule has 100 valence electrons. The van der Waals surface area contributed by atoms with E-state index in [0.717, 1.165) is 5.92 Å². The van der Waals surface area contributed by atoms with E-state index in [2.05, 4.69) is 12.2 Å². The molecule has 1 aliphatic carbocycles. The molecular weight excluding hydrogens is 226 g/mol. The van der Waals surface area contributed by atoms with E-state index < -0.39 is 0 Å². The van der Waals surface area contributed by atoms with Crippen LogP contribution in [0.25, 0.3) is 0 Å². The standard InChI is InChI=1S/C15H23NO2/c1-10(12-6-3-4-7-12)16-11(2)15-13(17)8-5-9-14(15)18/h5,8-12,16-18H,3-4,6-7H2,1-2H3/t10-,11?/m0/s1. The average molecular weight is 249 g/mol. The minimum Gasteiger partial charge on any atom is -0.507 e. The molecule has 2 rings (SSSR count). The van der Waals surface area contributed by atoms with Gasteiger partial charge in [0.25, 0.3) is 0 Å². The van der Waals surface area contributed by atoms with Crippen molar-refractivity contribution in [1.82, 2.24) is 5.32 Å². The first-order valence-corrected chi connectivity index (χ1v) is 6.86. The van der Waals surface area contributed by atoms with E-state index in [1.807, 2.05) is 6.92 Å². The maximum absolute atomic E-state index is 9.84. The van der Waals surface area contributed by atoms with Gasteiger partial charge in [-0.2, -0.15) is 0 Å². The van der Waals surface area contributed by atoms with Gasteiger partial charge in [0.05, 0.1) is 5.56 Å². The fraction of sp³-hybridized carbons (Fsp3) is 0.600. The minimum atomic E-state index is -0.0400. The minimum absolute atomic E-state index is 0.0400. The van der Waals surface area contributed by atoms with Gasteiger partial charge in [0.15, 0.2) is 0 Å². The molecule has 1 aromatic carbocycles. The lowest BCUT2D eigenvalue weighted by molar-refractivity contribution is 0.340. The Morgan fingerprint density at radius 3 is 2.22 bits per heavy atom. The predicted molar refractivity (Wildman–Crippen MR) is 72.7 cm³/mol. The normalized spacial score (nSPS) is 19.9. The lowest BCUT2D eigenvalue weighted by Gasteiger charge is -2.25. The highest BCUT2D eigenvalue weighted by molar-refractivity contribution is 5.44. The zero-order valence-corrected chi connectivity index (χ0v) is 11.2. The monoisotopic (exact) mass is 249 g/mol. The van der Waals surface area contributed by atoms with Gasteiger partial charge < -0.3 is 15.5 Å². The Morgan fingerprint density at radius 1 is 1.11 bits per heavy atom. The SMILES string of the molecule is CC(N[C@@H](C)C1CCCC1)c1c(O)cccc1O. The summed E-state index contributed by atoms with van der Waals surface area (Å²) in [6.45, 7) is 4.18. The van der Waals surface area contributed by atoms with Crippen LogP contribution in [0.4, 0.5) is 0 Å². The molecular formula is C15H23NO2. The molecule has 1 unspecified atom stereocenters. The lowest BCUT2D eigenvalue weighted by atomic mass is 9.97. The van der Waals surface area contributed by atoms with Crippen molar-refractivity contribution in [3.63, 3.8) is 0 Å². The van der Waals surface area contributed by atoms with E-state index in [-0.39, 0.29) is 17.5 Å². The molecule has 3 nitrogen and oxygen atoms in total. The second-order valence-electron chi connectivity index (χ2n) is 5.43. The molecule has 1 aliphatic rings. The first kappa shape index (κ1) is 13.2. The van der Waals surface area contributed by atoms with Crippen molar-refractivity contribution in [3.8, 4) is 11.5 Å². The molecule has 18 heavy (non-hydrogen) atoms. The Balaban J connectivity index is 2.04. The Kier molecular flexibility index (Phi) is 4.12. The Labute approximate surface area is 109 Å².